The number of halogens is 1. The quantitative estimate of drug-likeness (QED) is 0.634. The first kappa shape index (κ1) is 18.3. The van der Waals surface area contributed by atoms with Crippen LogP contribution in [0.4, 0.5) is 11.4 Å². The lowest BCUT2D eigenvalue weighted by Gasteiger charge is -2.27. The SMILES string of the molecule is CN=C(N)SCC(=O)N1c2ccccc2NC(=O)CC1C.Cl. The fourth-order valence-electron chi connectivity index (χ4n) is 2.24. The average Bonchev–Trinajstić information content (AvgIpc) is 2.58. The number of para-hydroxylation sites is 2. The number of nitrogens with two attached hydrogens (primary N) is 1. The van der Waals surface area contributed by atoms with Gasteiger partial charge in [-0.25, -0.2) is 0 Å². The zero-order valence-corrected chi connectivity index (χ0v) is 14.0. The van der Waals surface area contributed by atoms with E-state index in [0.29, 0.717) is 16.5 Å². The number of amidine groups is 1. The van der Waals surface area contributed by atoms with E-state index in [9.17, 15) is 9.59 Å². The number of carbonyl (C=O) groups is 2. The Morgan fingerprint density at radius 1 is 1.50 bits per heavy atom. The van der Waals surface area contributed by atoms with Crippen LogP contribution in [0.1, 0.15) is 13.3 Å². The molecule has 2 rings (SSSR count). The topological polar surface area (TPSA) is 87.8 Å². The van der Waals surface area contributed by atoms with Gasteiger partial charge in [0.1, 0.15) is 0 Å². The Bertz CT molecular complexity index is 594. The third-order valence-electron chi connectivity index (χ3n) is 3.19. The lowest BCUT2D eigenvalue weighted by molar-refractivity contribution is -0.117. The Kier molecular flexibility index (Phi) is 6.70. The molecule has 22 heavy (non-hydrogen) atoms. The molecule has 1 aromatic carbocycles. The molecule has 0 radical (unpaired) electrons. The van der Waals surface area contributed by atoms with Crippen LogP contribution < -0.4 is 16.0 Å². The number of hydrogen-bond donors (Lipinski definition) is 2. The van der Waals surface area contributed by atoms with E-state index < -0.39 is 0 Å². The maximum Gasteiger partial charge on any atom is 0.237 e. The first-order valence-corrected chi connectivity index (χ1v) is 7.57. The van der Waals surface area contributed by atoms with Crippen molar-refractivity contribution >= 4 is 52.5 Å². The molecule has 2 amide bonds. The van der Waals surface area contributed by atoms with Gasteiger partial charge in [0.2, 0.25) is 11.8 Å². The number of nitrogens with zero attached hydrogens (tertiary/aromatic N) is 2. The van der Waals surface area contributed by atoms with Crippen LogP contribution in [-0.4, -0.2) is 35.8 Å². The van der Waals surface area contributed by atoms with Crippen LogP contribution >= 0.6 is 24.2 Å². The van der Waals surface area contributed by atoms with Crippen LogP contribution in [0.15, 0.2) is 29.3 Å². The van der Waals surface area contributed by atoms with E-state index in [1.807, 2.05) is 25.1 Å². The van der Waals surface area contributed by atoms with Gasteiger partial charge in [0.05, 0.1) is 17.1 Å². The number of nitrogens with one attached hydrogen (secondary N) is 1. The molecule has 1 aliphatic rings. The van der Waals surface area contributed by atoms with Crippen LogP contribution in [0.2, 0.25) is 0 Å². The van der Waals surface area contributed by atoms with Crippen LogP contribution in [0, 0.1) is 0 Å². The van der Waals surface area contributed by atoms with Crippen molar-refractivity contribution in [1.29, 1.82) is 0 Å². The van der Waals surface area contributed by atoms with Gasteiger partial charge in [0.25, 0.3) is 0 Å². The van der Waals surface area contributed by atoms with E-state index in [4.69, 9.17) is 5.73 Å². The number of rotatable bonds is 2. The number of fused-ring (bicyclic) bond motifs is 1. The Hall–Kier alpha value is -1.73. The van der Waals surface area contributed by atoms with Crippen LogP contribution in [0.5, 0.6) is 0 Å². The van der Waals surface area contributed by atoms with Crippen LogP contribution in [0.25, 0.3) is 0 Å². The third-order valence-corrected chi connectivity index (χ3v) is 4.06. The molecule has 0 aromatic heterocycles. The normalized spacial score (nSPS) is 17.9. The monoisotopic (exact) mass is 342 g/mol. The van der Waals surface area contributed by atoms with Crippen molar-refractivity contribution in [2.75, 3.05) is 23.0 Å². The predicted octanol–water partition coefficient (Wildman–Crippen LogP) is 1.85. The molecule has 0 aliphatic carbocycles. The van der Waals surface area contributed by atoms with E-state index in [1.54, 1.807) is 18.0 Å². The molecule has 120 valence electrons. The highest BCUT2D eigenvalue weighted by Crippen LogP contribution is 2.31. The minimum absolute atomic E-state index is 0. The van der Waals surface area contributed by atoms with E-state index in [-0.39, 0.29) is 42.4 Å². The molecule has 1 unspecified atom stereocenters. The number of carbonyl (C=O) groups excluding carboxylic acids is 2. The summed E-state index contributed by atoms with van der Waals surface area (Å²) in [4.78, 5) is 29.8. The number of amides is 2. The Morgan fingerprint density at radius 2 is 2.18 bits per heavy atom. The smallest absolute Gasteiger partial charge is 0.237 e. The highest BCUT2D eigenvalue weighted by molar-refractivity contribution is 8.14. The summed E-state index contributed by atoms with van der Waals surface area (Å²) < 4.78 is 0. The molecular weight excluding hydrogens is 324 g/mol. The predicted molar refractivity (Wildman–Crippen MR) is 93.9 cm³/mol. The van der Waals surface area contributed by atoms with Gasteiger partial charge in [-0.05, 0) is 19.1 Å². The van der Waals surface area contributed by atoms with Gasteiger partial charge < -0.3 is 16.0 Å². The summed E-state index contributed by atoms with van der Waals surface area (Å²) in [5.41, 5.74) is 6.98. The largest absolute Gasteiger partial charge is 0.379 e. The summed E-state index contributed by atoms with van der Waals surface area (Å²) in [7, 11) is 1.58. The summed E-state index contributed by atoms with van der Waals surface area (Å²) in [5.74, 6) is 0.00587. The molecule has 0 saturated carbocycles. The van der Waals surface area contributed by atoms with E-state index in [1.165, 1.54) is 11.8 Å². The lowest BCUT2D eigenvalue weighted by Crippen LogP contribution is -2.40. The summed E-state index contributed by atoms with van der Waals surface area (Å²) in [6, 6.07) is 7.09. The van der Waals surface area contributed by atoms with Crippen molar-refractivity contribution in [3.05, 3.63) is 24.3 Å². The van der Waals surface area contributed by atoms with Gasteiger partial charge in [-0.2, -0.15) is 0 Å². The second-order valence-corrected chi connectivity index (χ2v) is 5.73. The summed E-state index contributed by atoms with van der Waals surface area (Å²) in [6.07, 6.45) is 0.266. The molecule has 3 N–H and O–H groups in total. The van der Waals surface area contributed by atoms with E-state index in [2.05, 4.69) is 10.3 Å². The third kappa shape index (κ3) is 4.14. The standard InChI is InChI=1S/C14H18N4O2S.ClH/c1-9-7-12(19)17-10-5-3-4-6-11(10)18(9)13(20)8-21-14(15)16-2;/h3-6,9H,7-8H2,1-2H3,(H2,15,16)(H,17,19);1H. The zero-order valence-electron chi connectivity index (χ0n) is 12.4. The van der Waals surface area contributed by atoms with Gasteiger partial charge in [-0.3, -0.25) is 14.6 Å². The second kappa shape index (κ2) is 8.05. The number of aliphatic imine (C=N–C) groups is 1. The highest BCUT2D eigenvalue weighted by atomic mass is 35.5. The lowest BCUT2D eigenvalue weighted by atomic mass is 10.2. The molecular formula is C14H19ClN4O2S. The van der Waals surface area contributed by atoms with Crippen molar-refractivity contribution in [1.82, 2.24) is 0 Å². The molecule has 0 bridgehead atoms. The zero-order chi connectivity index (χ0) is 15.4. The maximum atomic E-state index is 12.5. The molecule has 1 atom stereocenters. The Labute approximate surface area is 139 Å². The fraction of sp³-hybridized carbons (Fsp3) is 0.357. The van der Waals surface area contributed by atoms with E-state index >= 15 is 0 Å². The Balaban J connectivity index is 0.00000242. The molecule has 6 nitrogen and oxygen atoms in total. The number of anilines is 2. The average molecular weight is 343 g/mol. The second-order valence-electron chi connectivity index (χ2n) is 4.73. The van der Waals surface area contributed by atoms with Crippen LogP contribution in [-0.2, 0) is 9.59 Å². The Morgan fingerprint density at radius 3 is 2.86 bits per heavy atom. The summed E-state index contributed by atoms with van der Waals surface area (Å²) in [5, 5.41) is 3.19. The van der Waals surface area contributed by atoms with E-state index in [0.717, 1.165) is 0 Å². The van der Waals surface area contributed by atoms with Crippen molar-refractivity contribution in [2.24, 2.45) is 10.7 Å². The summed E-state index contributed by atoms with van der Waals surface area (Å²) in [6.45, 7) is 1.86. The minimum Gasteiger partial charge on any atom is -0.379 e. The summed E-state index contributed by atoms with van der Waals surface area (Å²) >= 11 is 1.19. The number of thioether (sulfide) groups is 1. The van der Waals surface area contributed by atoms with Gasteiger partial charge in [0.15, 0.2) is 5.17 Å². The van der Waals surface area contributed by atoms with Crippen molar-refractivity contribution < 1.29 is 9.59 Å². The van der Waals surface area contributed by atoms with Crippen molar-refractivity contribution in [3.63, 3.8) is 0 Å². The molecule has 0 saturated heterocycles. The highest BCUT2D eigenvalue weighted by Gasteiger charge is 2.29. The maximum absolute atomic E-state index is 12.5. The van der Waals surface area contributed by atoms with Gasteiger partial charge in [-0.1, -0.05) is 23.9 Å². The van der Waals surface area contributed by atoms with Gasteiger partial charge in [-0.15, -0.1) is 12.4 Å². The van der Waals surface area contributed by atoms with Crippen LogP contribution in [0.3, 0.4) is 0 Å². The molecule has 1 heterocycles. The molecule has 1 aliphatic heterocycles. The number of benzene rings is 1. The molecule has 0 fully saturated rings. The first-order valence-electron chi connectivity index (χ1n) is 6.59. The number of hydrogen-bond acceptors (Lipinski definition) is 4. The first-order chi connectivity index (χ1) is 10.0. The molecule has 1 aromatic rings. The van der Waals surface area contributed by atoms with Gasteiger partial charge in [0, 0.05) is 19.5 Å². The minimum atomic E-state index is -0.207. The van der Waals surface area contributed by atoms with Gasteiger partial charge >= 0.3 is 0 Å². The van der Waals surface area contributed by atoms with Crippen molar-refractivity contribution in [2.45, 2.75) is 19.4 Å². The molecule has 0 spiro atoms. The molecule has 8 heteroatoms. The fourth-order valence-corrected chi connectivity index (χ4v) is 2.78. The van der Waals surface area contributed by atoms with Crippen molar-refractivity contribution in [3.8, 4) is 0 Å².